The van der Waals surface area contributed by atoms with Gasteiger partial charge in [-0.25, -0.2) is 4.39 Å². The lowest BCUT2D eigenvalue weighted by atomic mass is 9.67. The fourth-order valence-corrected chi connectivity index (χ4v) is 7.16. The molecule has 1 aromatic rings. The summed E-state index contributed by atoms with van der Waals surface area (Å²) >= 11 is 0. The second-order valence-corrected chi connectivity index (χ2v) is 15.5. The first-order valence-corrected chi connectivity index (χ1v) is 21.2. The van der Waals surface area contributed by atoms with Crippen molar-refractivity contribution in [3.05, 3.63) is 114 Å². The molecule has 7 atom stereocenters. The van der Waals surface area contributed by atoms with Gasteiger partial charge in [-0.2, -0.15) is 0 Å². The van der Waals surface area contributed by atoms with Gasteiger partial charge in [-0.15, -0.1) is 0 Å². The van der Waals surface area contributed by atoms with Gasteiger partial charge in [0.15, 0.2) is 0 Å². The highest BCUT2D eigenvalue weighted by Gasteiger charge is 2.55. The van der Waals surface area contributed by atoms with Gasteiger partial charge in [0.1, 0.15) is 5.82 Å². The maximum Gasteiger partial charge on any atom is 0.133 e. The van der Waals surface area contributed by atoms with Gasteiger partial charge in [-0.1, -0.05) is 187 Å². The molecular weight excluding hydrogens is 644 g/mol. The van der Waals surface area contributed by atoms with Crippen LogP contribution in [0.1, 0.15) is 172 Å². The number of rotatable bonds is 12. The SMILES string of the molecule is C/C=C(\C)c1ccc(C)c(C)c1F.C/C=C\C.C=C(C(C)CCC)C(C)C(C)CCC.C=C(C)C(=C)C1C2C=C[C@@]1(C(=C)C)C(C)C2.CC.CCCC. The van der Waals surface area contributed by atoms with Crippen molar-refractivity contribution in [2.24, 2.45) is 40.9 Å². The molecule has 3 rings (SSSR count). The molecule has 0 aliphatic heterocycles. The van der Waals surface area contributed by atoms with Crippen molar-refractivity contribution in [1.82, 2.24) is 0 Å². The van der Waals surface area contributed by atoms with E-state index in [1.807, 2.05) is 85.8 Å². The van der Waals surface area contributed by atoms with Gasteiger partial charge in [0, 0.05) is 16.9 Å². The number of fused-ring (bicyclic) bond motifs is 2. The number of benzene rings is 1. The van der Waals surface area contributed by atoms with E-state index in [-0.39, 0.29) is 11.2 Å². The van der Waals surface area contributed by atoms with Gasteiger partial charge in [0.05, 0.1) is 0 Å². The summed E-state index contributed by atoms with van der Waals surface area (Å²) in [5.41, 5.74) is 8.70. The molecule has 0 radical (unpaired) electrons. The zero-order valence-electron chi connectivity index (χ0n) is 38.7. The summed E-state index contributed by atoms with van der Waals surface area (Å²) in [6.45, 7) is 54.9. The van der Waals surface area contributed by atoms with Crippen LogP contribution in [0, 0.1) is 60.6 Å². The summed E-state index contributed by atoms with van der Waals surface area (Å²) in [6.07, 6.45) is 19.8. The third kappa shape index (κ3) is 17.1. The van der Waals surface area contributed by atoms with Crippen molar-refractivity contribution in [2.75, 3.05) is 0 Å². The van der Waals surface area contributed by atoms with Gasteiger partial charge in [-0.3, -0.25) is 0 Å². The molecule has 0 saturated heterocycles. The highest BCUT2D eigenvalue weighted by Crippen LogP contribution is 2.63. The van der Waals surface area contributed by atoms with E-state index >= 15 is 0 Å². The molecule has 6 unspecified atom stereocenters. The standard InChI is InChI=1S/C16H22.C14H28.C12H15F.C4H10.C4H8.C2H6/c1-10(2)13(6)15-14-7-8-16(15,11(3)4)12(5)9-14;1-7-9-11(3)13(5)14(6)12(4)10-8-2;1-5-8(2)11-7-6-9(3)10(4)12(11)13;2*1-3-4-2;1-2/h7-8,12,14-15H,1,3,6,9H2,2,4-5H3;11-12,14H,5,7-10H2,1-4,6H3;5-7H,1-4H3;3-4H2,1-2H3;3-4H,1-2H3;1-2H3/b;;8-5+;;4-3-;/t12?,14?,15?,16-;;;;;/m1...../s1. The minimum atomic E-state index is -0.0874. The number of unbranched alkanes of at least 4 members (excludes halogenated alkanes) is 1. The Morgan fingerprint density at radius 3 is 1.74 bits per heavy atom. The average molecular weight is 733 g/mol. The molecule has 2 bridgehead atoms. The normalized spacial score (nSPS) is 21.0. The molecule has 2 aliphatic carbocycles. The fraction of sp³-hybridized carbons (Fsp3) is 0.615. The lowest BCUT2D eigenvalue weighted by Crippen LogP contribution is -2.29. The van der Waals surface area contributed by atoms with Crippen LogP contribution in [0.4, 0.5) is 4.39 Å². The van der Waals surface area contributed by atoms with Gasteiger partial charge in [0.25, 0.3) is 0 Å². The molecule has 0 heterocycles. The van der Waals surface area contributed by atoms with E-state index in [1.54, 1.807) is 0 Å². The largest absolute Gasteiger partial charge is 0.206 e. The highest BCUT2D eigenvalue weighted by atomic mass is 19.1. The number of aryl methyl sites for hydroxylation is 1. The van der Waals surface area contributed by atoms with E-state index in [9.17, 15) is 4.39 Å². The van der Waals surface area contributed by atoms with E-state index in [1.165, 1.54) is 61.7 Å². The zero-order valence-corrected chi connectivity index (χ0v) is 38.7. The Labute approximate surface area is 333 Å². The minimum absolute atomic E-state index is 0.0874. The summed E-state index contributed by atoms with van der Waals surface area (Å²) in [5.74, 6) is 3.95. The Balaban J connectivity index is -0.000000630. The molecule has 0 nitrogen and oxygen atoms in total. The second kappa shape index (κ2) is 29.7. The lowest BCUT2D eigenvalue weighted by Gasteiger charge is -2.37. The molecule has 0 amide bonds. The van der Waals surface area contributed by atoms with Crippen molar-refractivity contribution in [3.63, 3.8) is 0 Å². The maximum absolute atomic E-state index is 13.7. The molecule has 1 aromatic carbocycles. The first-order valence-electron chi connectivity index (χ1n) is 21.2. The van der Waals surface area contributed by atoms with Crippen molar-refractivity contribution in [3.8, 4) is 0 Å². The monoisotopic (exact) mass is 733 g/mol. The Morgan fingerprint density at radius 2 is 1.36 bits per heavy atom. The van der Waals surface area contributed by atoms with Crippen molar-refractivity contribution >= 4 is 5.57 Å². The molecule has 1 heteroatoms. The van der Waals surface area contributed by atoms with Gasteiger partial charge < -0.3 is 0 Å². The quantitative estimate of drug-likeness (QED) is 0.148. The Hall–Kier alpha value is -2.67. The topological polar surface area (TPSA) is 0 Å². The number of halogens is 1. The second-order valence-electron chi connectivity index (χ2n) is 15.5. The van der Waals surface area contributed by atoms with E-state index < -0.39 is 0 Å². The van der Waals surface area contributed by atoms with Gasteiger partial charge >= 0.3 is 0 Å². The van der Waals surface area contributed by atoms with Crippen molar-refractivity contribution in [2.45, 2.75) is 170 Å². The van der Waals surface area contributed by atoms with Gasteiger partial charge in [-0.05, 0) is 120 Å². The third-order valence-electron chi connectivity index (χ3n) is 11.6. The van der Waals surface area contributed by atoms with Crippen LogP contribution in [0.2, 0.25) is 0 Å². The molecule has 1 saturated carbocycles. The molecular formula is C52H89F. The number of hydrogen-bond acceptors (Lipinski definition) is 0. The Bertz CT molecular complexity index is 1290. The zero-order chi connectivity index (χ0) is 42.1. The average Bonchev–Trinajstić information content (AvgIpc) is 3.67. The Morgan fingerprint density at radius 1 is 0.849 bits per heavy atom. The fourth-order valence-electron chi connectivity index (χ4n) is 7.16. The summed E-state index contributed by atoms with van der Waals surface area (Å²) in [6, 6.07) is 3.80. The molecule has 1 fully saturated rings. The number of hydrogen-bond donors (Lipinski definition) is 0. The van der Waals surface area contributed by atoms with Crippen LogP contribution in [0.3, 0.4) is 0 Å². The lowest BCUT2D eigenvalue weighted by molar-refractivity contribution is 0.306. The van der Waals surface area contributed by atoms with Crippen LogP contribution in [0.5, 0.6) is 0 Å². The smallest absolute Gasteiger partial charge is 0.133 e. The first-order chi connectivity index (χ1) is 24.9. The van der Waals surface area contributed by atoms with Crippen LogP contribution in [0.25, 0.3) is 5.57 Å². The van der Waals surface area contributed by atoms with Gasteiger partial charge in [0.2, 0.25) is 0 Å². The predicted octanol–water partition coefficient (Wildman–Crippen LogP) is 17.9. The van der Waals surface area contributed by atoms with Crippen LogP contribution in [-0.4, -0.2) is 0 Å². The minimum Gasteiger partial charge on any atom is -0.206 e. The van der Waals surface area contributed by atoms with Crippen LogP contribution < -0.4 is 0 Å². The van der Waals surface area contributed by atoms with Crippen LogP contribution >= 0.6 is 0 Å². The molecule has 0 spiro atoms. The third-order valence-corrected chi connectivity index (χ3v) is 11.6. The summed E-state index contributed by atoms with van der Waals surface area (Å²) in [5, 5.41) is 0. The maximum atomic E-state index is 13.7. The van der Waals surface area contributed by atoms with E-state index in [0.717, 1.165) is 28.2 Å². The number of allylic oxidation sites excluding steroid dienone is 10. The first kappa shape index (κ1) is 54.7. The van der Waals surface area contributed by atoms with E-state index in [2.05, 4.69) is 108 Å². The van der Waals surface area contributed by atoms with E-state index in [4.69, 9.17) is 0 Å². The molecule has 0 aromatic heterocycles. The van der Waals surface area contributed by atoms with Crippen molar-refractivity contribution in [1.29, 1.82) is 0 Å². The molecule has 53 heavy (non-hydrogen) atoms. The summed E-state index contributed by atoms with van der Waals surface area (Å²) < 4.78 is 13.7. The molecule has 304 valence electrons. The van der Waals surface area contributed by atoms with Crippen LogP contribution in [0.15, 0.2) is 91.1 Å². The van der Waals surface area contributed by atoms with Crippen molar-refractivity contribution < 1.29 is 4.39 Å². The highest BCUT2D eigenvalue weighted by molar-refractivity contribution is 5.65. The Kier molecular flexibility index (Phi) is 30.6. The summed E-state index contributed by atoms with van der Waals surface area (Å²) in [4.78, 5) is 0. The molecule has 2 aliphatic rings. The summed E-state index contributed by atoms with van der Waals surface area (Å²) in [7, 11) is 0. The van der Waals surface area contributed by atoms with Crippen LogP contribution in [-0.2, 0) is 0 Å². The molecule has 0 N–H and O–H groups in total. The predicted molar refractivity (Wildman–Crippen MR) is 245 cm³/mol. The van der Waals surface area contributed by atoms with E-state index in [0.29, 0.717) is 35.2 Å².